The van der Waals surface area contributed by atoms with E-state index in [1.165, 1.54) is 6.07 Å². The van der Waals surface area contributed by atoms with Crippen LogP contribution in [0.1, 0.15) is 30.3 Å². The predicted octanol–water partition coefficient (Wildman–Crippen LogP) is -0.557. The van der Waals surface area contributed by atoms with Crippen LogP contribution in [-0.4, -0.2) is 40.5 Å². The Morgan fingerprint density at radius 2 is 2.20 bits per heavy atom. The molecule has 2 heterocycles. The molecule has 1 aromatic heterocycles. The molecule has 0 aliphatic carbocycles. The second-order valence-corrected chi connectivity index (χ2v) is 4.31. The van der Waals surface area contributed by atoms with E-state index in [0.29, 0.717) is 18.8 Å². The van der Waals surface area contributed by atoms with Crippen molar-refractivity contribution in [3.63, 3.8) is 0 Å². The predicted molar refractivity (Wildman–Crippen MR) is 69.8 cm³/mol. The van der Waals surface area contributed by atoms with Crippen LogP contribution in [0.3, 0.4) is 0 Å². The van der Waals surface area contributed by atoms with Crippen LogP contribution in [-0.2, 0) is 9.59 Å². The molecule has 8 heteroatoms. The van der Waals surface area contributed by atoms with E-state index in [2.05, 4.69) is 26.1 Å². The molecule has 1 unspecified atom stereocenters. The number of hydrogen-bond donors (Lipinski definition) is 3. The van der Waals surface area contributed by atoms with E-state index in [1.54, 1.807) is 6.07 Å². The van der Waals surface area contributed by atoms with Crippen LogP contribution in [0.5, 0.6) is 0 Å². The number of amides is 3. The number of nitrogens with zero attached hydrogens (tertiary/aromatic N) is 2. The summed E-state index contributed by atoms with van der Waals surface area (Å²) in [6.07, 6.45) is 0.693. The number of carbonyl (C=O) groups is 3. The lowest BCUT2D eigenvalue weighted by Crippen LogP contribution is -2.47. The van der Waals surface area contributed by atoms with Gasteiger partial charge in [0.25, 0.3) is 5.91 Å². The minimum atomic E-state index is -0.516. The van der Waals surface area contributed by atoms with Crippen LogP contribution < -0.4 is 16.0 Å². The highest BCUT2D eigenvalue weighted by Crippen LogP contribution is 2.11. The van der Waals surface area contributed by atoms with Crippen LogP contribution in [0.4, 0.5) is 5.82 Å². The smallest absolute Gasteiger partial charge is 0.271 e. The maximum Gasteiger partial charge on any atom is 0.271 e. The number of imide groups is 1. The quantitative estimate of drug-likeness (QED) is 0.636. The highest BCUT2D eigenvalue weighted by Gasteiger charge is 2.26. The molecule has 2 rings (SSSR count). The van der Waals surface area contributed by atoms with Gasteiger partial charge < -0.3 is 10.6 Å². The van der Waals surface area contributed by atoms with Crippen molar-refractivity contribution in [3.05, 3.63) is 17.8 Å². The molecule has 20 heavy (non-hydrogen) atoms. The van der Waals surface area contributed by atoms with Gasteiger partial charge >= 0.3 is 0 Å². The van der Waals surface area contributed by atoms with E-state index in [1.807, 2.05) is 6.92 Å². The summed E-state index contributed by atoms with van der Waals surface area (Å²) in [4.78, 5) is 34.1. The first-order valence-electron chi connectivity index (χ1n) is 6.32. The Bertz CT molecular complexity index is 528. The number of carbonyl (C=O) groups excluding carboxylic acids is 3. The molecule has 106 valence electrons. The van der Waals surface area contributed by atoms with E-state index < -0.39 is 6.04 Å². The largest absolute Gasteiger partial charge is 0.357 e. The van der Waals surface area contributed by atoms with E-state index in [-0.39, 0.29) is 29.8 Å². The van der Waals surface area contributed by atoms with Gasteiger partial charge in [0.2, 0.25) is 11.8 Å². The average molecular weight is 277 g/mol. The molecule has 1 fully saturated rings. The van der Waals surface area contributed by atoms with Gasteiger partial charge in [-0.15, -0.1) is 10.2 Å². The van der Waals surface area contributed by atoms with Crippen molar-refractivity contribution in [3.8, 4) is 0 Å². The standard InChI is InChI=1S/C12H15N5O3/c1-2-13-11(19)8-3-5-9(17-16-8)14-7-4-6-10(18)15-12(7)20/h3,5,7H,2,4,6H2,1H3,(H,13,19)(H,14,17)(H,15,18,20). The highest BCUT2D eigenvalue weighted by atomic mass is 16.2. The van der Waals surface area contributed by atoms with Gasteiger partial charge in [-0.2, -0.15) is 0 Å². The van der Waals surface area contributed by atoms with Gasteiger partial charge in [-0.3, -0.25) is 19.7 Å². The molecule has 8 nitrogen and oxygen atoms in total. The molecule has 1 saturated heterocycles. The van der Waals surface area contributed by atoms with Gasteiger partial charge in [0.05, 0.1) is 0 Å². The third-order valence-corrected chi connectivity index (χ3v) is 2.80. The number of rotatable bonds is 4. The summed E-state index contributed by atoms with van der Waals surface area (Å²) in [5.41, 5.74) is 0.209. The lowest BCUT2D eigenvalue weighted by molar-refractivity contribution is -0.133. The normalized spacial score (nSPS) is 18.4. The van der Waals surface area contributed by atoms with Gasteiger partial charge in [0.15, 0.2) is 5.69 Å². The lowest BCUT2D eigenvalue weighted by Gasteiger charge is -2.21. The summed E-state index contributed by atoms with van der Waals surface area (Å²) in [6.45, 7) is 2.32. The molecular weight excluding hydrogens is 262 g/mol. The maximum atomic E-state index is 11.6. The second-order valence-electron chi connectivity index (χ2n) is 4.31. The Kier molecular flexibility index (Phi) is 4.24. The number of hydrogen-bond acceptors (Lipinski definition) is 6. The molecule has 0 radical (unpaired) electrons. The van der Waals surface area contributed by atoms with Crippen molar-refractivity contribution in [2.24, 2.45) is 0 Å². The first-order chi connectivity index (χ1) is 9.60. The molecule has 0 bridgehead atoms. The Balaban J connectivity index is 1.98. The van der Waals surface area contributed by atoms with Crippen molar-refractivity contribution < 1.29 is 14.4 Å². The van der Waals surface area contributed by atoms with Gasteiger partial charge in [-0.25, -0.2) is 0 Å². The van der Waals surface area contributed by atoms with E-state index >= 15 is 0 Å². The highest BCUT2D eigenvalue weighted by molar-refractivity contribution is 6.01. The van der Waals surface area contributed by atoms with Gasteiger partial charge in [0, 0.05) is 13.0 Å². The van der Waals surface area contributed by atoms with Gasteiger partial charge in [-0.05, 0) is 25.5 Å². The Morgan fingerprint density at radius 1 is 1.40 bits per heavy atom. The molecule has 1 atom stereocenters. The SMILES string of the molecule is CCNC(=O)c1ccc(NC2CCC(=O)NC2=O)nn1. The summed E-state index contributed by atoms with van der Waals surface area (Å²) in [5.74, 6) is -0.568. The van der Waals surface area contributed by atoms with Crippen LogP contribution in [0.2, 0.25) is 0 Å². The monoisotopic (exact) mass is 277 g/mol. The zero-order chi connectivity index (χ0) is 14.5. The minimum absolute atomic E-state index is 0.209. The Morgan fingerprint density at radius 3 is 2.80 bits per heavy atom. The zero-order valence-electron chi connectivity index (χ0n) is 11.0. The summed E-state index contributed by atoms with van der Waals surface area (Å²) < 4.78 is 0. The van der Waals surface area contributed by atoms with E-state index in [4.69, 9.17) is 0 Å². The third kappa shape index (κ3) is 3.28. The lowest BCUT2D eigenvalue weighted by atomic mass is 10.1. The molecule has 0 spiro atoms. The third-order valence-electron chi connectivity index (χ3n) is 2.80. The number of aromatic nitrogens is 2. The molecule has 1 aliphatic rings. The number of nitrogens with one attached hydrogen (secondary N) is 3. The van der Waals surface area contributed by atoms with Crippen molar-refractivity contribution in [1.29, 1.82) is 0 Å². The van der Waals surface area contributed by atoms with Crippen LogP contribution in [0, 0.1) is 0 Å². The van der Waals surface area contributed by atoms with Crippen LogP contribution in [0.25, 0.3) is 0 Å². The topological polar surface area (TPSA) is 113 Å². The van der Waals surface area contributed by atoms with E-state index in [9.17, 15) is 14.4 Å². The first-order valence-corrected chi connectivity index (χ1v) is 6.32. The molecule has 3 amide bonds. The van der Waals surface area contributed by atoms with Crippen molar-refractivity contribution in [2.75, 3.05) is 11.9 Å². The Hall–Kier alpha value is -2.51. The fourth-order valence-electron chi connectivity index (χ4n) is 1.79. The van der Waals surface area contributed by atoms with Crippen molar-refractivity contribution in [2.45, 2.75) is 25.8 Å². The summed E-state index contributed by atoms with van der Waals surface area (Å²) in [5, 5.41) is 15.4. The minimum Gasteiger partial charge on any atom is -0.357 e. The first kappa shape index (κ1) is 13.9. The fraction of sp³-hybridized carbons (Fsp3) is 0.417. The average Bonchev–Trinajstić information content (AvgIpc) is 2.43. The summed E-state index contributed by atoms with van der Waals surface area (Å²) in [7, 11) is 0. The summed E-state index contributed by atoms with van der Waals surface area (Å²) in [6, 6.07) is 2.57. The van der Waals surface area contributed by atoms with Crippen molar-refractivity contribution >= 4 is 23.5 Å². The molecule has 1 aliphatic heterocycles. The molecule has 1 aromatic rings. The van der Waals surface area contributed by atoms with Crippen molar-refractivity contribution in [1.82, 2.24) is 20.8 Å². The van der Waals surface area contributed by atoms with E-state index in [0.717, 1.165) is 0 Å². The fourth-order valence-corrected chi connectivity index (χ4v) is 1.79. The number of anilines is 1. The van der Waals surface area contributed by atoms with Crippen LogP contribution >= 0.6 is 0 Å². The summed E-state index contributed by atoms with van der Waals surface area (Å²) >= 11 is 0. The van der Waals surface area contributed by atoms with Gasteiger partial charge in [0.1, 0.15) is 11.9 Å². The molecule has 3 N–H and O–H groups in total. The number of piperidine rings is 1. The van der Waals surface area contributed by atoms with Gasteiger partial charge in [-0.1, -0.05) is 0 Å². The van der Waals surface area contributed by atoms with Crippen LogP contribution in [0.15, 0.2) is 12.1 Å². The zero-order valence-corrected chi connectivity index (χ0v) is 11.0. The second kappa shape index (κ2) is 6.09. The molecular formula is C12H15N5O3. The molecule has 0 aromatic carbocycles. The molecule has 0 saturated carbocycles. The Labute approximate surface area is 115 Å². The maximum absolute atomic E-state index is 11.6.